The summed E-state index contributed by atoms with van der Waals surface area (Å²) in [6.07, 6.45) is 2.85. The number of rotatable bonds is 8. The first-order valence-electron chi connectivity index (χ1n) is 9.07. The van der Waals surface area contributed by atoms with Crippen molar-refractivity contribution in [2.24, 2.45) is 0 Å². The highest BCUT2D eigenvalue weighted by Gasteiger charge is 2.11. The Morgan fingerprint density at radius 1 is 1.11 bits per heavy atom. The van der Waals surface area contributed by atoms with Gasteiger partial charge in [0.15, 0.2) is 0 Å². The standard InChI is InChI=1S/C21H22ClN3O2/c1-2-5-15-8-10-16(11-9-15)21-24-20(27-25-21)13-12-19(26)23-14-17-6-3-4-7-18(17)22/h3-4,6-11H,2,5,12-14H2,1H3,(H,23,26). The highest BCUT2D eigenvalue weighted by Crippen LogP contribution is 2.18. The van der Waals surface area contributed by atoms with Crippen molar-refractivity contribution < 1.29 is 9.32 Å². The molecule has 1 heterocycles. The molecule has 0 bridgehead atoms. The van der Waals surface area contributed by atoms with E-state index >= 15 is 0 Å². The smallest absolute Gasteiger partial charge is 0.227 e. The van der Waals surface area contributed by atoms with Crippen LogP contribution in [0.25, 0.3) is 11.4 Å². The molecule has 1 amide bonds. The number of aromatic nitrogens is 2. The molecule has 0 fully saturated rings. The van der Waals surface area contributed by atoms with E-state index in [4.69, 9.17) is 16.1 Å². The van der Waals surface area contributed by atoms with E-state index < -0.39 is 0 Å². The van der Waals surface area contributed by atoms with E-state index in [2.05, 4.69) is 34.5 Å². The number of halogens is 1. The van der Waals surface area contributed by atoms with Crippen LogP contribution in [0.15, 0.2) is 53.1 Å². The molecule has 3 aromatic rings. The maximum atomic E-state index is 12.0. The maximum Gasteiger partial charge on any atom is 0.227 e. The van der Waals surface area contributed by atoms with E-state index in [-0.39, 0.29) is 12.3 Å². The average Bonchev–Trinajstić information content (AvgIpc) is 3.16. The van der Waals surface area contributed by atoms with Gasteiger partial charge in [0.05, 0.1) is 0 Å². The molecule has 0 unspecified atom stereocenters. The molecule has 0 aliphatic carbocycles. The van der Waals surface area contributed by atoms with Crippen molar-refractivity contribution in [1.29, 1.82) is 0 Å². The summed E-state index contributed by atoms with van der Waals surface area (Å²) < 4.78 is 5.27. The van der Waals surface area contributed by atoms with Crippen LogP contribution in [0.3, 0.4) is 0 Å². The molecule has 0 spiro atoms. The van der Waals surface area contributed by atoms with Gasteiger partial charge in [0.2, 0.25) is 17.6 Å². The maximum absolute atomic E-state index is 12.0. The van der Waals surface area contributed by atoms with E-state index in [9.17, 15) is 4.79 Å². The fourth-order valence-corrected chi connectivity index (χ4v) is 2.93. The lowest BCUT2D eigenvalue weighted by atomic mass is 10.1. The van der Waals surface area contributed by atoms with Crippen molar-refractivity contribution in [3.63, 3.8) is 0 Å². The number of nitrogens with zero attached hydrogens (tertiary/aromatic N) is 2. The van der Waals surface area contributed by atoms with E-state index in [0.29, 0.717) is 29.7 Å². The first-order chi connectivity index (χ1) is 13.2. The fourth-order valence-electron chi connectivity index (χ4n) is 2.73. The normalized spacial score (nSPS) is 10.7. The lowest BCUT2D eigenvalue weighted by molar-refractivity contribution is -0.121. The average molecular weight is 384 g/mol. The molecule has 2 aromatic carbocycles. The van der Waals surface area contributed by atoms with E-state index in [0.717, 1.165) is 24.0 Å². The summed E-state index contributed by atoms with van der Waals surface area (Å²) in [6, 6.07) is 15.6. The SMILES string of the molecule is CCCc1ccc(-c2noc(CCC(=O)NCc3ccccc3Cl)n2)cc1. The summed E-state index contributed by atoms with van der Waals surface area (Å²) >= 11 is 6.08. The minimum atomic E-state index is -0.0846. The second-order valence-corrected chi connectivity index (χ2v) is 6.73. The number of benzene rings is 2. The molecule has 27 heavy (non-hydrogen) atoms. The summed E-state index contributed by atoms with van der Waals surface area (Å²) in [4.78, 5) is 16.4. The Morgan fingerprint density at radius 3 is 2.63 bits per heavy atom. The summed E-state index contributed by atoms with van der Waals surface area (Å²) in [5.74, 6) is 0.915. The van der Waals surface area contributed by atoms with Crippen LogP contribution in [0.4, 0.5) is 0 Å². The van der Waals surface area contributed by atoms with E-state index in [1.807, 2.05) is 30.3 Å². The predicted molar refractivity (Wildman–Crippen MR) is 105 cm³/mol. The minimum Gasteiger partial charge on any atom is -0.352 e. The predicted octanol–water partition coefficient (Wildman–Crippen LogP) is 4.59. The molecule has 0 aliphatic heterocycles. The van der Waals surface area contributed by atoms with Gasteiger partial charge in [-0.05, 0) is 23.6 Å². The van der Waals surface area contributed by atoms with Gasteiger partial charge in [0, 0.05) is 30.0 Å². The number of aryl methyl sites for hydroxylation is 2. The second-order valence-electron chi connectivity index (χ2n) is 6.33. The molecule has 140 valence electrons. The Labute approximate surface area is 163 Å². The van der Waals surface area contributed by atoms with Gasteiger partial charge >= 0.3 is 0 Å². The zero-order chi connectivity index (χ0) is 19.1. The molecule has 1 aromatic heterocycles. The van der Waals surface area contributed by atoms with Crippen LogP contribution in [-0.2, 0) is 24.2 Å². The highest BCUT2D eigenvalue weighted by molar-refractivity contribution is 6.31. The Hall–Kier alpha value is -2.66. The van der Waals surface area contributed by atoms with Crippen LogP contribution in [0.2, 0.25) is 5.02 Å². The third kappa shape index (κ3) is 5.41. The van der Waals surface area contributed by atoms with Crippen LogP contribution in [-0.4, -0.2) is 16.0 Å². The van der Waals surface area contributed by atoms with Gasteiger partial charge in [-0.2, -0.15) is 4.98 Å². The Balaban J connectivity index is 1.50. The van der Waals surface area contributed by atoms with E-state index in [1.54, 1.807) is 6.07 Å². The van der Waals surface area contributed by atoms with Gasteiger partial charge < -0.3 is 9.84 Å². The van der Waals surface area contributed by atoms with Crippen LogP contribution < -0.4 is 5.32 Å². The minimum absolute atomic E-state index is 0.0846. The monoisotopic (exact) mass is 383 g/mol. The second kappa shape index (κ2) is 9.33. The third-order valence-electron chi connectivity index (χ3n) is 4.22. The molecule has 5 nitrogen and oxygen atoms in total. The Kier molecular flexibility index (Phi) is 6.60. The molecular formula is C21H22ClN3O2. The number of hydrogen-bond donors (Lipinski definition) is 1. The van der Waals surface area contributed by atoms with Gasteiger partial charge in [0.25, 0.3) is 0 Å². The van der Waals surface area contributed by atoms with E-state index in [1.165, 1.54) is 5.56 Å². The van der Waals surface area contributed by atoms with Gasteiger partial charge in [-0.1, -0.05) is 72.6 Å². The number of nitrogens with one attached hydrogen (secondary N) is 1. The highest BCUT2D eigenvalue weighted by atomic mass is 35.5. The summed E-state index contributed by atoms with van der Waals surface area (Å²) in [7, 11) is 0. The fraction of sp³-hybridized carbons (Fsp3) is 0.286. The largest absolute Gasteiger partial charge is 0.352 e. The van der Waals surface area contributed by atoms with Crippen molar-refractivity contribution >= 4 is 17.5 Å². The zero-order valence-corrected chi connectivity index (χ0v) is 16.0. The number of carbonyl (C=O) groups is 1. The van der Waals surface area contributed by atoms with Crippen molar-refractivity contribution in [2.75, 3.05) is 0 Å². The van der Waals surface area contributed by atoms with Gasteiger partial charge in [-0.3, -0.25) is 4.79 Å². The Bertz CT molecular complexity index is 890. The first kappa shape index (κ1) is 19.1. The lowest BCUT2D eigenvalue weighted by Gasteiger charge is -2.05. The van der Waals surface area contributed by atoms with Gasteiger partial charge in [-0.25, -0.2) is 0 Å². The molecule has 0 atom stereocenters. The number of hydrogen-bond acceptors (Lipinski definition) is 4. The molecule has 6 heteroatoms. The van der Waals surface area contributed by atoms with Crippen LogP contribution in [0, 0.1) is 0 Å². The number of amides is 1. The third-order valence-corrected chi connectivity index (χ3v) is 4.59. The number of carbonyl (C=O) groups excluding carboxylic acids is 1. The summed E-state index contributed by atoms with van der Waals surface area (Å²) in [5, 5.41) is 7.51. The molecule has 0 aliphatic rings. The van der Waals surface area contributed by atoms with Gasteiger partial charge in [-0.15, -0.1) is 0 Å². The van der Waals surface area contributed by atoms with Crippen molar-refractivity contribution in [3.8, 4) is 11.4 Å². The Morgan fingerprint density at radius 2 is 1.89 bits per heavy atom. The molecule has 0 radical (unpaired) electrons. The van der Waals surface area contributed by atoms with Crippen molar-refractivity contribution in [2.45, 2.75) is 39.2 Å². The van der Waals surface area contributed by atoms with Crippen LogP contribution in [0.1, 0.15) is 36.8 Å². The molecule has 0 saturated heterocycles. The molecule has 1 N–H and O–H groups in total. The quantitative estimate of drug-likeness (QED) is 0.617. The van der Waals surface area contributed by atoms with Crippen LogP contribution in [0.5, 0.6) is 0 Å². The summed E-state index contributed by atoms with van der Waals surface area (Å²) in [5.41, 5.74) is 3.09. The van der Waals surface area contributed by atoms with Crippen molar-refractivity contribution in [1.82, 2.24) is 15.5 Å². The van der Waals surface area contributed by atoms with Crippen molar-refractivity contribution in [3.05, 3.63) is 70.6 Å². The topological polar surface area (TPSA) is 68.0 Å². The van der Waals surface area contributed by atoms with Crippen LogP contribution >= 0.6 is 11.6 Å². The lowest BCUT2D eigenvalue weighted by Crippen LogP contribution is -2.23. The summed E-state index contributed by atoms with van der Waals surface area (Å²) in [6.45, 7) is 2.56. The molecule has 3 rings (SSSR count). The van der Waals surface area contributed by atoms with Gasteiger partial charge in [0.1, 0.15) is 0 Å². The zero-order valence-electron chi connectivity index (χ0n) is 15.2. The molecular weight excluding hydrogens is 362 g/mol. The first-order valence-corrected chi connectivity index (χ1v) is 9.45. The molecule has 0 saturated carbocycles.